The second kappa shape index (κ2) is 6.83. The topological polar surface area (TPSA) is 61.9 Å². The average molecular weight is 298 g/mol. The lowest BCUT2D eigenvalue weighted by Crippen LogP contribution is -2.36. The maximum Gasteiger partial charge on any atom is 0.250 e. The number of piperidine rings is 1. The van der Waals surface area contributed by atoms with E-state index in [0.29, 0.717) is 5.92 Å². The molecule has 5 nitrogen and oxygen atoms in total. The maximum absolute atomic E-state index is 11.4. The van der Waals surface area contributed by atoms with Gasteiger partial charge in [-0.05, 0) is 38.4 Å². The molecule has 3 rings (SSSR count). The van der Waals surface area contributed by atoms with E-state index in [2.05, 4.69) is 32.0 Å². The van der Waals surface area contributed by atoms with Crippen molar-refractivity contribution in [3.05, 3.63) is 58.0 Å². The highest BCUT2D eigenvalue weighted by Crippen LogP contribution is 2.24. The SMILES string of the molecule is Cc1cccc(CCN2CCCC(c3cc(=O)[nH]cn3)C2)n1. The number of aromatic amines is 1. The molecule has 1 aliphatic heterocycles. The Bertz CT molecular complexity index is 682. The van der Waals surface area contributed by atoms with Crippen molar-refractivity contribution in [2.75, 3.05) is 19.6 Å². The van der Waals surface area contributed by atoms with Crippen molar-refractivity contribution in [2.24, 2.45) is 0 Å². The molecule has 0 bridgehead atoms. The molecule has 1 aliphatic rings. The van der Waals surface area contributed by atoms with E-state index in [1.807, 2.05) is 13.0 Å². The van der Waals surface area contributed by atoms with Crippen LogP contribution in [-0.4, -0.2) is 39.5 Å². The largest absolute Gasteiger partial charge is 0.313 e. The molecule has 22 heavy (non-hydrogen) atoms. The number of hydrogen-bond donors (Lipinski definition) is 1. The summed E-state index contributed by atoms with van der Waals surface area (Å²) in [5.74, 6) is 0.363. The second-order valence-corrected chi connectivity index (χ2v) is 6.00. The van der Waals surface area contributed by atoms with Crippen molar-refractivity contribution in [2.45, 2.75) is 32.1 Å². The molecule has 0 amide bonds. The first-order valence-electron chi connectivity index (χ1n) is 7.90. The smallest absolute Gasteiger partial charge is 0.250 e. The number of pyridine rings is 1. The number of nitrogens with zero attached hydrogens (tertiary/aromatic N) is 3. The highest BCUT2D eigenvalue weighted by Gasteiger charge is 2.22. The Morgan fingerprint density at radius 1 is 1.41 bits per heavy atom. The maximum atomic E-state index is 11.4. The van der Waals surface area contributed by atoms with Gasteiger partial charge in [0.25, 0.3) is 5.56 Å². The molecule has 0 aliphatic carbocycles. The van der Waals surface area contributed by atoms with E-state index in [-0.39, 0.29) is 5.56 Å². The van der Waals surface area contributed by atoms with E-state index < -0.39 is 0 Å². The molecule has 0 spiro atoms. The van der Waals surface area contributed by atoms with Crippen LogP contribution in [0.3, 0.4) is 0 Å². The van der Waals surface area contributed by atoms with Gasteiger partial charge >= 0.3 is 0 Å². The van der Waals surface area contributed by atoms with Crippen molar-refractivity contribution >= 4 is 0 Å². The zero-order valence-corrected chi connectivity index (χ0v) is 13.0. The van der Waals surface area contributed by atoms with Crippen LogP contribution in [0.25, 0.3) is 0 Å². The van der Waals surface area contributed by atoms with Gasteiger partial charge in [-0.15, -0.1) is 0 Å². The molecular weight excluding hydrogens is 276 g/mol. The molecule has 1 N–H and O–H groups in total. The van der Waals surface area contributed by atoms with Crippen LogP contribution < -0.4 is 5.56 Å². The number of likely N-dealkylation sites (tertiary alicyclic amines) is 1. The first-order chi connectivity index (χ1) is 10.7. The van der Waals surface area contributed by atoms with Gasteiger partial charge in [0.1, 0.15) is 0 Å². The fourth-order valence-electron chi connectivity index (χ4n) is 3.12. The van der Waals surface area contributed by atoms with Gasteiger partial charge in [0.05, 0.1) is 12.0 Å². The van der Waals surface area contributed by atoms with Gasteiger partial charge in [-0.1, -0.05) is 6.07 Å². The lowest BCUT2D eigenvalue weighted by Gasteiger charge is -2.32. The molecule has 1 saturated heterocycles. The van der Waals surface area contributed by atoms with Gasteiger partial charge in [-0.25, -0.2) is 4.98 Å². The summed E-state index contributed by atoms with van der Waals surface area (Å²) in [6.07, 6.45) is 4.74. The van der Waals surface area contributed by atoms with Gasteiger partial charge in [0.15, 0.2) is 0 Å². The molecular formula is C17H22N4O. The number of rotatable bonds is 4. The van der Waals surface area contributed by atoms with E-state index >= 15 is 0 Å². The summed E-state index contributed by atoms with van der Waals surface area (Å²) in [5.41, 5.74) is 3.08. The Kier molecular flexibility index (Phi) is 4.63. The minimum Gasteiger partial charge on any atom is -0.313 e. The fourth-order valence-corrected chi connectivity index (χ4v) is 3.12. The Labute approximate surface area is 130 Å². The standard InChI is InChI=1S/C17H22N4O/c1-13-4-2-6-15(20-13)7-9-21-8-3-5-14(11-21)16-10-17(22)19-12-18-16/h2,4,6,10,12,14H,3,5,7-9,11H2,1H3,(H,18,19,22). The minimum absolute atomic E-state index is 0.0638. The van der Waals surface area contributed by atoms with Gasteiger partial charge < -0.3 is 9.88 Å². The van der Waals surface area contributed by atoms with Crippen LogP contribution in [0.5, 0.6) is 0 Å². The van der Waals surface area contributed by atoms with E-state index in [9.17, 15) is 4.79 Å². The predicted molar refractivity (Wildman–Crippen MR) is 86.0 cm³/mol. The summed E-state index contributed by atoms with van der Waals surface area (Å²) in [4.78, 5) is 25.4. The summed E-state index contributed by atoms with van der Waals surface area (Å²) < 4.78 is 0. The van der Waals surface area contributed by atoms with Crippen molar-refractivity contribution in [3.8, 4) is 0 Å². The third-order valence-corrected chi connectivity index (χ3v) is 4.25. The minimum atomic E-state index is -0.0638. The Hall–Kier alpha value is -2.01. The Morgan fingerprint density at radius 3 is 3.14 bits per heavy atom. The highest BCUT2D eigenvalue weighted by molar-refractivity contribution is 5.11. The van der Waals surface area contributed by atoms with Gasteiger partial charge in [0.2, 0.25) is 0 Å². The summed E-state index contributed by atoms with van der Waals surface area (Å²) in [5, 5.41) is 0. The monoisotopic (exact) mass is 298 g/mol. The van der Waals surface area contributed by atoms with E-state index in [1.165, 1.54) is 6.33 Å². The number of aromatic nitrogens is 3. The lowest BCUT2D eigenvalue weighted by atomic mass is 9.94. The number of H-pyrrole nitrogens is 1. The van der Waals surface area contributed by atoms with Crippen molar-refractivity contribution in [1.82, 2.24) is 19.9 Å². The van der Waals surface area contributed by atoms with Crippen molar-refractivity contribution in [3.63, 3.8) is 0 Å². The van der Waals surface area contributed by atoms with Crippen molar-refractivity contribution in [1.29, 1.82) is 0 Å². The zero-order chi connectivity index (χ0) is 15.4. The fraction of sp³-hybridized carbons (Fsp3) is 0.471. The van der Waals surface area contributed by atoms with Crippen LogP contribution in [0.4, 0.5) is 0 Å². The van der Waals surface area contributed by atoms with Crippen LogP contribution >= 0.6 is 0 Å². The van der Waals surface area contributed by atoms with Gasteiger partial charge in [-0.2, -0.15) is 0 Å². The average Bonchev–Trinajstić information content (AvgIpc) is 2.53. The Balaban J connectivity index is 1.60. The van der Waals surface area contributed by atoms with Crippen LogP contribution in [0.2, 0.25) is 0 Å². The highest BCUT2D eigenvalue weighted by atomic mass is 16.1. The number of nitrogens with one attached hydrogen (secondary N) is 1. The van der Waals surface area contributed by atoms with E-state index in [4.69, 9.17) is 0 Å². The quantitative estimate of drug-likeness (QED) is 0.936. The van der Waals surface area contributed by atoms with E-state index in [0.717, 1.165) is 56.0 Å². The Morgan fingerprint density at radius 2 is 2.32 bits per heavy atom. The molecule has 1 fully saturated rings. The number of aryl methyl sites for hydroxylation is 1. The first kappa shape index (κ1) is 14.9. The van der Waals surface area contributed by atoms with Crippen LogP contribution in [0.1, 0.15) is 35.8 Å². The van der Waals surface area contributed by atoms with Gasteiger partial charge in [0, 0.05) is 42.9 Å². The van der Waals surface area contributed by atoms with Crippen LogP contribution in [-0.2, 0) is 6.42 Å². The van der Waals surface area contributed by atoms with E-state index in [1.54, 1.807) is 6.07 Å². The molecule has 2 aromatic rings. The molecule has 2 aromatic heterocycles. The molecule has 1 unspecified atom stereocenters. The third-order valence-electron chi connectivity index (χ3n) is 4.25. The normalized spacial score (nSPS) is 19.2. The summed E-state index contributed by atoms with van der Waals surface area (Å²) in [6.45, 7) is 5.13. The second-order valence-electron chi connectivity index (χ2n) is 6.00. The summed E-state index contributed by atoms with van der Waals surface area (Å²) >= 11 is 0. The van der Waals surface area contributed by atoms with Crippen LogP contribution in [0, 0.1) is 6.92 Å². The molecule has 5 heteroatoms. The third kappa shape index (κ3) is 3.80. The zero-order valence-electron chi connectivity index (χ0n) is 13.0. The molecule has 0 aromatic carbocycles. The molecule has 1 atom stereocenters. The number of hydrogen-bond acceptors (Lipinski definition) is 4. The summed E-state index contributed by atoms with van der Waals surface area (Å²) in [7, 11) is 0. The van der Waals surface area contributed by atoms with Crippen LogP contribution in [0.15, 0.2) is 35.4 Å². The van der Waals surface area contributed by atoms with Gasteiger partial charge in [-0.3, -0.25) is 9.78 Å². The molecule has 116 valence electrons. The lowest BCUT2D eigenvalue weighted by molar-refractivity contribution is 0.208. The molecule has 3 heterocycles. The summed E-state index contributed by atoms with van der Waals surface area (Å²) in [6, 6.07) is 7.82. The predicted octanol–water partition coefficient (Wildman–Crippen LogP) is 1.90. The molecule has 0 saturated carbocycles. The van der Waals surface area contributed by atoms with Crippen molar-refractivity contribution < 1.29 is 0 Å². The molecule has 0 radical (unpaired) electrons. The first-order valence-corrected chi connectivity index (χ1v) is 7.90.